The summed E-state index contributed by atoms with van der Waals surface area (Å²) in [5, 5.41) is 12.8. The van der Waals surface area contributed by atoms with Crippen LogP contribution in [-0.4, -0.2) is 32.5 Å². The van der Waals surface area contributed by atoms with Crippen molar-refractivity contribution in [3.63, 3.8) is 0 Å². The van der Waals surface area contributed by atoms with E-state index in [2.05, 4.69) is 39.1 Å². The molecule has 0 saturated carbocycles. The Morgan fingerprint density at radius 3 is 2.69 bits per heavy atom. The van der Waals surface area contributed by atoms with Crippen LogP contribution in [0.25, 0.3) is 17.0 Å². The Balaban J connectivity index is 1.44. The highest BCUT2D eigenvalue weighted by Crippen LogP contribution is 2.17. The van der Waals surface area contributed by atoms with Crippen molar-refractivity contribution in [3.8, 4) is 0 Å². The van der Waals surface area contributed by atoms with Gasteiger partial charge in [0, 0.05) is 42.3 Å². The van der Waals surface area contributed by atoms with Crippen molar-refractivity contribution in [2.24, 2.45) is 0 Å². The Bertz CT molecular complexity index is 1190. The number of thiazole rings is 1. The largest absolute Gasteiger partial charge is 0.292 e. The Kier molecular flexibility index (Phi) is 7.34. The Morgan fingerprint density at radius 2 is 1.91 bits per heavy atom. The molecule has 6 nitrogen and oxygen atoms in total. The van der Waals surface area contributed by atoms with Crippen molar-refractivity contribution < 1.29 is 10.0 Å². The van der Waals surface area contributed by atoms with Gasteiger partial charge in [-0.15, -0.1) is 11.3 Å². The summed E-state index contributed by atoms with van der Waals surface area (Å²) in [5.41, 5.74) is 5.90. The second kappa shape index (κ2) is 10.8. The lowest BCUT2D eigenvalue weighted by Gasteiger charge is -2.21. The highest BCUT2D eigenvalue weighted by Gasteiger charge is 2.10. The van der Waals surface area contributed by atoms with Crippen molar-refractivity contribution in [2.75, 3.05) is 6.54 Å². The highest BCUT2D eigenvalue weighted by atomic mass is 32.1. The Hall–Kier alpha value is -3.39. The topological polar surface area (TPSA) is 78.4 Å². The minimum atomic E-state index is -0.549. The number of fused-ring (bicyclic) bond motifs is 1. The van der Waals surface area contributed by atoms with Gasteiger partial charge >= 0.3 is 0 Å². The molecule has 7 heteroatoms. The van der Waals surface area contributed by atoms with E-state index in [0.29, 0.717) is 0 Å². The number of hydrogen-bond donors (Lipinski definition) is 2. The number of para-hydroxylation sites is 1. The molecule has 2 heterocycles. The molecule has 32 heavy (non-hydrogen) atoms. The van der Waals surface area contributed by atoms with E-state index < -0.39 is 5.91 Å². The molecule has 0 aliphatic carbocycles. The fraction of sp³-hybridized carbons (Fsp3) is 0.160. The first-order chi connectivity index (χ1) is 15.7. The smallest absolute Gasteiger partial charge is 0.267 e. The number of nitrogens with one attached hydrogen (secondary N) is 1. The number of nitrogens with zero attached hydrogens (tertiary/aromatic N) is 3. The summed E-state index contributed by atoms with van der Waals surface area (Å²) in [6.45, 7) is 2.47. The maximum atomic E-state index is 11.1. The fourth-order valence-corrected chi connectivity index (χ4v) is 4.14. The third kappa shape index (κ3) is 6.07. The Labute approximate surface area is 190 Å². The molecule has 0 unspecified atom stereocenters. The molecule has 0 atom stereocenters. The van der Waals surface area contributed by atoms with Crippen LogP contribution in [0, 0.1) is 0 Å². The van der Waals surface area contributed by atoms with E-state index in [-0.39, 0.29) is 0 Å². The van der Waals surface area contributed by atoms with Crippen molar-refractivity contribution in [2.45, 2.75) is 19.5 Å². The van der Waals surface area contributed by atoms with Crippen LogP contribution in [-0.2, 0) is 24.3 Å². The van der Waals surface area contributed by atoms with E-state index in [1.54, 1.807) is 22.9 Å². The number of carbonyl (C=O) groups excluding carboxylic acids is 1. The van der Waals surface area contributed by atoms with E-state index in [1.165, 1.54) is 17.2 Å². The molecule has 2 aromatic heterocycles. The van der Waals surface area contributed by atoms with Crippen LogP contribution >= 0.6 is 11.3 Å². The van der Waals surface area contributed by atoms with Crippen LogP contribution in [0.2, 0.25) is 0 Å². The number of carbonyl (C=O) groups is 1. The monoisotopic (exact) mass is 444 g/mol. The highest BCUT2D eigenvalue weighted by molar-refractivity contribution is 7.09. The molecule has 0 aliphatic rings. The van der Waals surface area contributed by atoms with Crippen molar-refractivity contribution >= 4 is 34.2 Å². The summed E-state index contributed by atoms with van der Waals surface area (Å²) in [6, 6.07) is 18.4. The van der Waals surface area contributed by atoms with Gasteiger partial charge in [-0.1, -0.05) is 42.5 Å². The van der Waals surface area contributed by atoms with Crippen LogP contribution in [0.5, 0.6) is 0 Å². The Morgan fingerprint density at radius 1 is 1.06 bits per heavy atom. The number of rotatable bonds is 9. The van der Waals surface area contributed by atoms with Gasteiger partial charge in [-0.3, -0.25) is 19.9 Å². The van der Waals surface area contributed by atoms with Gasteiger partial charge in [-0.25, -0.2) is 10.5 Å². The van der Waals surface area contributed by atoms with E-state index in [0.717, 1.165) is 47.5 Å². The molecular weight excluding hydrogens is 420 g/mol. The lowest BCUT2D eigenvalue weighted by molar-refractivity contribution is -0.124. The third-order valence-electron chi connectivity index (χ3n) is 5.13. The van der Waals surface area contributed by atoms with E-state index in [4.69, 9.17) is 5.21 Å². The molecular formula is C25H24N4O2S. The van der Waals surface area contributed by atoms with Crippen LogP contribution < -0.4 is 5.48 Å². The zero-order valence-electron chi connectivity index (χ0n) is 17.5. The SMILES string of the molecule is O=C(/C=C/c1ccc(CN(CCc2cnc3ccccc3c2)Cc2nccs2)cc1)NO. The van der Waals surface area contributed by atoms with Gasteiger partial charge in [0.2, 0.25) is 0 Å². The molecule has 2 aromatic carbocycles. The lowest BCUT2D eigenvalue weighted by Crippen LogP contribution is -2.25. The summed E-state index contributed by atoms with van der Waals surface area (Å²) < 4.78 is 0. The summed E-state index contributed by atoms with van der Waals surface area (Å²) in [7, 11) is 0. The quantitative estimate of drug-likeness (QED) is 0.226. The van der Waals surface area contributed by atoms with E-state index in [1.807, 2.05) is 48.1 Å². The second-order valence-corrected chi connectivity index (χ2v) is 8.45. The van der Waals surface area contributed by atoms with E-state index in [9.17, 15) is 4.79 Å². The van der Waals surface area contributed by atoms with Gasteiger partial charge in [-0.2, -0.15) is 0 Å². The number of benzene rings is 2. The molecule has 1 amide bonds. The van der Waals surface area contributed by atoms with Gasteiger partial charge in [-0.05, 0) is 41.3 Å². The zero-order valence-corrected chi connectivity index (χ0v) is 18.3. The summed E-state index contributed by atoms with van der Waals surface area (Å²) in [5.74, 6) is -0.549. The predicted octanol–water partition coefficient (Wildman–Crippen LogP) is 4.45. The van der Waals surface area contributed by atoms with Crippen LogP contribution in [0.1, 0.15) is 21.7 Å². The molecule has 0 radical (unpaired) electrons. The number of hydroxylamine groups is 1. The molecule has 162 valence electrons. The first kappa shape index (κ1) is 21.8. The van der Waals surface area contributed by atoms with Crippen LogP contribution in [0.4, 0.5) is 0 Å². The molecule has 0 aliphatic heterocycles. The van der Waals surface area contributed by atoms with Gasteiger partial charge in [0.05, 0.1) is 12.1 Å². The first-order valence-electron chi connectivity index (χ1n) is 10.3. The van der Waals surface area contributed by atoms with Gasteiger partial charge in [0.15, 0.2) is 0 Å². The molecule has 0 spiro atoms. The van der Waals surface area contributed by atoms with Crippen molar-refractivity contribution in [1.29, 1.82) is 0 Å². The molecule has 2 N–H and O–H groups in total. The van der Waals surface area contributed by atoms with Gasteiger partial charge in [0.25, 0.3) is 5.91 Å². The molecule has 0 fully saturated rings. The summed E-state index contributed by atoms with van der Waals surface area (Å²) in [6.07, 6.45) is 7.67. The molecule has 0 saturated heterocycles. The summed E-state index contributed by atoms with van der Waals surface area (Å²) in [4.78, 5) is 22.6. The average molecular weight is 445 g/mol. The van der Waals surface area contributed by atoms with Crippen molar-refractivity contribution in [1.82, 2.24) is 20.3 Å². The molecule has 4 aromatic rings. The minimum absolute atomic E-state index is 0.549. The maximum Gasteiger partial charge on any atom is 0.267 e. The predicted molar refractivity (Wildman–Crippen MR) is 127 cm³/mol. The van der Waals surface area contributed by atoms with Crippen LogP contribution in [0.3, 0.4) is 0 Å². The summed E-state index contributed by atoms with van der Waals surface area (Å²) >= 11 is 1.67. The van der Waals surface area contributed by atoms with E-state index >= 15 is 0 Å². The third-order valence-corrected chi connectivity index (χ3v) is 5.89. The van der Waals surface area contributed by atoms with Crippen LogP contribution in [0.15, 0.2) is 78.4 Å². The van der Waals surface area contributed by atoms with Gasteiger partial charge in [0.1, 0.15) is 5.01 Å². The number of aromatic nitrogens is 2. The van der Waals surface area contributed by atoms with Gasteiger partial charge < -0.3 is 0 Å². The lowest BCUT2D eigenvalue weighted by atomic mass is 10.1. The normalized spacial score (nSPS) is 11.4. The second-order valence-electron chi connectivity index (χ2n) is 7.47. The molecule has 4 rings (SSSR count). The first-order valence-corrected chi connectivity index (χ1v) is 11.2. The standard InChI is InChI=1S/C25H24N4O2S/c30-24(28-31)10-9-19-5-7-20(8-6-19)17-29(18-25-26-12-14-32-25)13-11-21-15-22-3-1-2-4-23(22)27-16-21/h1-10,12,14-16,31H,11,13,17-18H2,(H,28,30)/b10-9+. The zero-order chi connectivity index (χ0) is 22.2. The molecule has 0 bridgehead atoms. The van der Waals surface area contributed by atoms with Crippen molar-refractivity contribution in [3.05, 3.63) is 100 Å². The number of hydrogen-bond acceptors (Lipinski definition) is 6. The fourth-order valence-electron chi connectivity index (χ4n) is 3.48. The maximum absolute atomic E-state index is 11.1. The average Bonchev–Trinajstić information content (AvgIpc) is 3.35. The minimum Gasteiger partial charge on any atom is -0.292 e. The number of amides is 1. The number of pyridine rings is 1.